The highest BCUT2D eigenvalue weighted by molar-refractivity contribution is 9.10. The van der Waals surface area contributed by atoms with Gasteiger partial charge in [-0.15, -0.1) is 0 Å². The lowest BCUT2D eigenvalue weighted by molar-refractivity contribution is -0.117. The topological polar surface area (TPSA) is 55.1 Å². The van der Waals surface area contributed by atoms with Crippen LogP contribution in [0.5, 0.6) is 0 Å². The third kappa shape index (κ3) is 3.02. The maximum absolute atomic E-state index is 11.7. The number of anilines is 1. The molecule has 5 heteroatoms. The summed E-state index contributed by atoms with van der Waals surface area (Å²) in [4.78, 5) is 11.9. The number of nitrogens with two attached hydrogens (primary N) is 1. The van der Waals surface area contributed by atoms with Gasteiger partial charge in [0.15, 0.2) is 0 Å². The Hall–Kier alpha value is -0.940. The Labute approximate surface area is 109 Å². The van der Waals surface area contributed by atoms with Crippen LogP contribution in [0, 0.1) is 12.8 Å². The van der Waals surface area contributed by atoms with E-state index in [1.807, 2.05) is 25.1 Å². The van der Waals surface area contributed by atoms with Crippen LogP contribution in [0.1, 0.15) is 12.5 Å². The molecule has 0 bridgehead atoms. The van der Waals surface area contributed by atoms with E-state index in [0.717, 1.165) is 15.7 Å². The van der Waals surface area contributed by atoms with E-state index < -0.39 is 5.92 Å². The Morgan fingerprint density at radius 2 is 2.19 bits per heavy atom. The van der Waals surface area contributed by atoms with Crippen LogP contribution in [0.2, 0.25) is 0 Å². The minimum Gasteiger partial charge on any atom is -0.393 e. The first-order valence-electron chi connectivity index (χ1n) is 4.78. The predicted octanol–water partition coefficient (Wildman–Crippen LogP) is 2.62. The molecule has 0 heterocycles. The van der Waals surface area contributed by atoms with Crippen LogP contribution in [0.15, 0.2) is 22.7 Å². The van der Waals surface area contributed by atoms with Crippen LogP contribution in [-0.2, 0) is 4.79 Å². The standard InChI is InChI=1S/C11H13BrN2OS/c1-6-8(12)4-3-5-9(6)14-11(15)7(2)10(13)16/h3-5,7H,1-2H3,(H2,13,16)(H,14,15). The molecule has 0 aliphatic rings. The Morgan fingerprint density at radius 1 is 1.56 bits per heavy atom. The summed E-state index contributed by atoms with van der Waals surface area (Å²) in [5.74, 6) is -0.651. The lowest BCUT2D eigenvalue weighted by Crippen LogP contribution is -2.31. The van der Waals surface area contributed by atoms with Crippen molar-refractivity contribution in [1.82, 2.24) is 0 Å². The van der Waals surface area contributed by atoms with E-state index in [9.17, 15) is 4.79 Å². The van der Waals surface area contributed by atoms with Crippen LogP contribution in [0.4, 0.5) is 5.69 Å². The van der Waals surface area contributed by atoms with Crippen LogP contribution in [0.25, 0.3) is 0 Å². The number of amides is 1. The summed E-state index contributed by atoms with van der Waals surface area (Å²) in [5.41, 5.74) is 7.16. The summed E-state index contributed by atoms with van der Waals surface area (Å²) < 4.78 is 0.952. The third-order valence-corrected chi connectivity index (χ3v) is 3.56. The molecule has 1 aromatic carbocycles. The van der Waals surface area contributed by atoms with Crippen molar-refractivity contribution in [3.63, 3.8) is 0 Å². The Kier molecular flexibility index (Phi) is 4.44. The number of halogens is 1. The fraction of sp³-hybridized carbons (Fsp3) is 0.273. The van der Waals surface area contributed by atoms with E-state index in [2.05, 4.69) is 21.2 Å². The van der Waals surface area contributed by atoms with Gasteiger partial charge in [-0.25, -0.2) is 0 Å². The van der Waals surface area contributed by atoms with E-state index in [1.54, 1.807) is 6.92 Å². The fourth-order valence-electron chi connectivity index (χ4n) is 1.11. The van der Waals surface area contributed by atoms with Gasteiger partial charge in [0.25, 0.3) is 0 Å². The molecule has 0 spiro atoms. The summed E-state index contributed by atoms with van der Waals surface area (Å²) >= 11 is 8.18. The Morgan fingerprint density at radius 3 is 2.75 bits per heavy atom. The number of nitrogens with one attached hydrogen (secondary N) is 1. The third-order valence-electron chi connectivity index (χ3n) is 2.35. The van der Waals surface area contributed by atoms with Crippen molar-refractivity contribution in [2.24, 2.45) is 11.7 Å². The molecule has 1 atom stereocenters. The van der Waals surface area contributed by atoms with E-state index in [0.29, 0.717) is 0 Å². The number of benzene rings is 1. The number of rotatable bonds is 3. The highest BCUT2D eigenvalue weighted by Crippen LogP contribution is 2.23. The fourth-order valence-corrected chi connectivity index (χ4v) is 1.59. The minimum absolute atomic E-state index is 0.186. The number of carbonyl (C=O) groups is 1. The monoisotopic (exact) mass is 300 g/mol. The lowest BCUT2D eigenvalue weighted by atomic mass is 10.1. The highest BCUT2D eigenvalue weighted by atomic mass is 79.9. The molecule has 1 rings (SSSR count). The molecule has 1 aromatic rings. The molecule has 1 unspecified atom stereocenters. The molecule has 86 valence electrons. The SMILES string of the molecule is Cc1c(Br)cccc1NC(=O)C(C)C(N)=S. The summed E-state index contributed by atoms with van der Waals surface area (Å²) in [7, 11) is 0. The normalized spacial score (nSPS) is 11.9. The zero-order valence-electron chi connectivity index (χ0n) is 9.08. The molecule has 3 nitrogen and oxygen atoms in total. The smallest absolute Gasteiger partial charge is 0.234 e. The van der Waals surface area contributed by atoms with E-state index in [4.69, 9.17) is 18.0 Å². The van der Waals surface area contributed by atoms with Gasteiger partial charge >= 0.3 is 0 Å². The first-order chi connectivity index (χ1) is 7.43. The molecular formula is C11H13BrN2OS. The zero-order chi connectivity index (χ0) is 12.3. The van der Waals surface area contributed by atoms with E-state index >= 15 is 0 Å². The van der Waals surface area contributed by atoms with Crippen LogP contribution < -0.4 is 11.1 Å². The molecule has 0 aromatic heterocycles. The van der Waals surface area contributed by atoms with Gasteiger partial charge in [0.05, 0.1) is 10.9 Å². The summed E-state index contributed by atoms with van der Waals surface area (Å²) in [6.45, 7) is 3.61. The quantitative estimate of drug-likeness (QED) is 0.844. The maximum Gasteiger partial charge on any atom is 0.234 e. The molecule has 1 amide bonds. The summed E-state index contributed by atoms with van der Waals surface area (Å²) in [5, 5.41) is 2.80. The van der Waals surface area contributed by atoms with Gasteiger partial charge in [-0.2, -0.15) is 0 Å². The second-order valence-electron chi connectivity index (χ2n) is 3.53. The van der Waals surface area contributed by atoms with Crippen molar-refractivity contribution < 1.29 is 4.79 Å². The molecule has 3 N–H and O–H groups in total. The summed E-state index contributed by atoms with van der Waals surface area (Å²) in [6, 6.07) is 5.62. The second-order valence-corrected chi connectivity index (χ2v) is 4.85. The predicted molar refractivity (Wildman–Crippen MR) is 73.5 cm³/mol. The molecule has 0 aliphatic carbocycles. The minimum atomic E-state index is -0.464. The van der Waals surface area contributed by atoms with Gasteiger partial charge in [0, 0.05) is 10.2 Å². The van der Waals surface area contributed by atoms with Crippen LogP contribution in [-0.4, -0.2) is 10.9 Å². The molecule has 0 saturated carbocycles. The van der Waals surface area contributed by atoms with Gasteiger partial charge in [-0.05, 0) is 31.5 Å². The molecule has 0 saturated heterocycles. The average molecular weight is 301 g/mol. The van der Waals surface area contributed by atoms with Gasteiger partial charge in [-0.1, -0.05) is 34.2 Å². The maximum atomic E-state index is 11.7. The number of hydrogen-bond acceptors (Lipinski definition) is 2. The lowest BCUT2D eigenvalue weighted by Gasteiger charge is -2.13. The van der Waals surface area contributed by atoms with Crippen LogP contribution >= 0.6 is 28.1 Å². The first-order valence-corrected chi connectivity index (χ1v) is 5.99. The van der Waals surface area contributed by atoms with Crippen molar-refractivity contribution in [3.8, 4) is 0 Å². The van der Waals surface area contributed by atoms with Gasteiger partial charge in [0.1, 0.15) is 0 Å². The Bertz CT molecular complexity index is 434. The number of carbonyl (C=O) groups excluding carboxylic acids is 1. The largest absolute Gasteiger partial charge is 0.393 e. The van der Waals surface area contributed by atoms with Gasteiger partial charge < -0.3 is 11.1 Å². The van der Waals surface area contributed by atoms with Crippen molar-refractivity contribution in [3.05, 3.63) is 28.2 Å². The second kappa shape index (κ2) is 5.41. The summed E-state index contributed by atoms with van der Waals surface area (Å²) in [6.07, 6.45) is 0. The Balaban J connectivity index is 2.85. The average Bonchev–Trinajstić information content (AvgIpc) is 2.23. The molecule has 0 aliphatic heterocycles. The number of hydrogen-bond donors (Lipinski definition) is 2. The van der Waals surface area contributed by atoms with Crippen LogP contribution in [0.3, 0.4) is 0 Å². The van der Waals surface area contributed by atoms with Crippen molar-refractivity contribution >= 4 is 44.7 Å². The van der Waals surface area contributed by atoms with E-state index in [-0.39, 0.29) is 10.9 Å². The highest BCUT2D eigenvalue weighted by Gasteiger charge is 2.16. The van der Waals surface area contributed by atoms with Crippen molar-refractivity contribution in [1.29, 1.82) is 0 Å². The molecule has 16 heavy (non-hydrogen) atoms. The molecular weight excluding hydrogens is 288 g/mol. The van der Waals surface area contributed by atoms with Crippen molar-refractivity contribution in [2.45, 2.75) is 13.8 Å². The van der Waals surface area contributed by atoms with Crippen molar-refractivity contribution in [2.75, 3.05) is 5.32 Å². The van der Waals surface area contributed by atoms with Gasteiger partial charge in [-0.3, -0.25) is 4.79 Å². The molecule has 0 radical (unpaired) electrons. The number of thiocarbonyl (C=S) groups is 1. The molecule has 0 fully saturated rings. The van der Waals surface area contributed by atoms with Gasteiger partial charge in [0.2, 0.25) is 5.91 Å². The first kappa shape index (κ1) is 13.1. The zero-order valence-corrected chi connectivity index (χ0v) is 11.5. The van der Waals surface area contributed by atoms with E-state index in [1.165, 1.54) is 0 Å².